The number of nitrogens with one attached hydrogen (secondary N) is 1. The van der Waals surface area contributed by atoms with Gasteiger partial charge in [0.1, 0.15) is 22.3 Å². The standard InChI is InChI=1S/C12H11N3O4S2/c1-19-10-5-4-9(3-2-6-16)7-11(10)21(17,18)14-12-8-13-15-20-12/h4-5,7-8,14,16H,6H2,1H3. The van der Waals surface area contributed by atoms with Crippen LogP contribution in [0, 0.1) is 11.8 Å². The van der Waals surface area contributed by atoms with Crippen molar-refractivity contribution >= 4 is 26.6 Å². The molecule has 1 aromatic carbocycles. The van der Waals surface area contributed by atoms with Gasteiger partial charge in [-0.3, -0.25) is 4.72 Å². The molecular weight excluding hydrogens is 314 g/mol. The number of rotatable bonds is 4. The second kappa shape index (κ2) is 6.53. The van der Waals surface area contributed by atoms with Crippen LogP contribution in [0.4, 0.5) is 5.00 Å². The number of aromatic nitrogens is 2. The lowest BCUT2D eigenvalue weighted by Crippen LogP contribution is -2.13. The minimum absolute atomic E-state index is 0.0526. The number of hydrogen-bond donors (Lipinski definition) is 2. The first-order valence-corrected chi connectivity index (χ1v) is 7.90. The molecule has 0 aliphatic heterocycles. The van der Waals surface area contributed by atoms with E-state index in [4.69, 9.17) is 9.84 Å². The van der Waals surface area contributed by atoms with E-state index < -0.39 is 10.0 Å². The van der Waals surface area contributed by atoms with Crippen molar-refractivity contribution in [2.24, 2.45) is 0 Å². The van der Waals surface area contributed by atoms with Gasteiger partial charge in [-0.2, -0.15) is 0 Å². The third-order valence-electron chi connectivity index (χ3n) is 2.36. The molecule has 0 radical (unpaired) electrons. The Morgan fingerprint density at radius 2 is 2.29 bits per heavy atom. The molecule has 0 atom stereocenters. The molecule has 110 valence electrons. The minimum Gasteiger partial charge on any atom is -0.495 e. The second-order valence-electron chi connectivity index (χ2n) is 3.71. The number of sulfonamides is 1. The number of ether oxygens (including phenoxy) is 1. The van der Waals surface area contributed by atoms with Crippen molar-refractivity contribution in [2.75, 3.05) is 18.4 Å². The summed E-state index contributed by atoms with van der Waals surface area (Å²) in [6, 6.07) is 4.48. The molecule has 21 heavy (non-hydrogen) atoms. The molecular formula is C12H11N3O4S2. The molecule has 2 rings (SSSR count). The maximum Gasteiger partial charge on any atom is 0.266 e. The van der Waals surface area contributed by atoms with Gasteiger partial charge in [-0.05, 0) is 18.2 Å². The van der Waals surface area contributed by atoms with E-state index in [0.29, 0.717) is 10.6 Å². The predicted molar refractivity (Wildman–Crippen MR) is 77.7 cm³/mol. The normalized spacial score (nSPS) is 10.6. The number of aliphatic hydroxyl groups excluding tert-OH is 1. The second-order valence-corrected chi connectivity index (χ2v) is 6.15. The number of nitrogens with zero attached hydrogens (tertiary/aromatic N) is 2. The Hall–Kier alpha value is -2.15. The van der Waals surface area contributed by atoms with Crippen LogP contribution in [-0.2, 0) is 10.0 Å². The van der Waals surface area contributed by atoms with Gasteiger partial charge in [0, 0.05) is 17.1 Å². The maximum absolute atomic E-state index is 12.4. The summed E-state index contributed by atoms with van der Waals surface area (Å²) in [4.78, 5) is -0.0526. The topological polar surface area (TPSA) is 101 Å². The fourth-order valence-electron chi connectivity index (χ4n) is 1.51. The van der Waals surface area contributed by atoms with Crippen LogP contribution in [0.25, 0.3) is 0 Å². The van der Waals surface area contributed by atoms with Gasteiger partial charge in [0.25, 0.3) is 10.0 Å². The van der Waals surface area contributed by atoms with Gasteiger partial charge in [0.2, 0.25) is 0 Å². The molecule has 0 spiro atoms. The van der Waals surface area contributed by atoms with Crippen molar-refractivity contribution in [3.8, 4) is 17.6 Å². The van der Waals surface area contributed by atoms with Crippen LogP contribution in [0.15, 0.2) is 29.3 Å². The van der Waals surface area contributed by atoms with E-state index in [0.717, 1.165) is 11.5 Å². The molecule has 9 heteroatoms. The number of methoxy groups -OCH3 is 1. The van der Waals surface area contributed by atoms with Crippen molar-refractivity contribution in [1.29, 1.82) is 0 Å². The van der Waals surface area contributed by atoms with Gasteiger partial charge in [-0.1, -0.05) is 16.3 Å². The fourth-order valence-corrected chi connectivity index (χ4v) is 3.39. The van der Waals surface area contributed by atoms with Crippen LogP contribution < -0.4 is 9.46 Å². The Bertz CT molecular complexity index is 777. The van der Waals surface area contributed by atoms with Crippen LogP contribution in [0.3, 0.4) is 0 Å². The number of anilines is 1. The van der Waals surface area contributed by atoms with Gasteiger partial charge >= 0.3 is 0 Å². The van der Waals surface area contributed by atoms with Crippen LogP contribution >= 0.6 is 11.5 Å². The minimum atomic E-state index is -3.85. The Labute approximate surface area is 125 Å². The molecule has 0 amide bonds. The Morgan fingerprint density at radius 1 is 1.48 bits per heavy atom. The third kappa shape index (κ3) is 3.69. The quantitative estimate of drug-likeness (QED) is 0.802. The lowest BCUT2D eigenvalue weighted by atomic mass is 10.2. The van der Waals surface area contributed by atoms with E-state index in [9.17, 15) is 8.42 Å². The summed E-state index contributed by atoms with van der Waals surface area (Å²) in [5.74, 6) is 5.29. The highest BCUT2D eigenvalue weighted by Crippen LogP contribution is 2.27. The van der Waals surface area contributed by atoms with Crippen molar-refractivity contribution in [1.82, 2.24) is 9.59 Å². The van der Waals surface area contributed by atoms with E-state index in [-0.39, 0.29) is 17.3 Å². The van der Waals surface area contributed by atoms with E-state index in [2.05, 4.69) is 26.1 Å². The van der Waals surface area contributed by atoms with Crippen molar-refractivity contribution < 1.29 is 18.3 Å². The first-order chi connectivity index (χ1) is 10.1. The molecule has 0 saturated carbocycles. The third-order valence-corrected chi connectivity index (χ3v) is 4.46. The van der Waals surface area contributed by atoms with Gasteiger partial charge in [-0.25, -0.2) is 8.42 Å². The Morgan fingerprint density at radius 3 is 2.90 bits per heavy atom. The molecule has 0 unspecified atom stereocenters. The zero-order valence-electron chi connectivity index (χ0n) is 10.9. The van der Waals surface area contributed by atoms with Crippen molar-refractivity contribution in [3.05, 3.63) is 30.0 Å². The molecule has 2 aromatic rings. The highest BCUT2D eigenvalue weighted by molar-refractivity contribution is 7.93. The summed E-state index contributed by atoms with van der Waals surface area (Å²) in [7, 11) is -2.47. The summed E-state index contributed by atoms with van der Waals surface area (Å²) in [6.45, 7) is -0.307. The summed E-state index contributed by atoms with van der Waals surface area (Å²) < 4.78 is 35.7. The zero-order chi connectivity index (χ0) is 15.3. The number of aliphatic hydroxyl groups is 1. The molecule has 7 nitrogen and oxygen atoms in total. The highest BCUT2D eigenvalue weighted by Gasteiger charge is 2.21. The van der Waals surface area contributed by atoms with E-state index in [1.807, 2.05) is 0 Å². The summed E-state index contributed by atoms with van der Waals surface area (Å²) >= 11 is 0.923. The first-order valence-electron chi connectivity index (χ1n) is 5.65. The molecule has 0 saturated heterocycles. The Balaban J connectivity index is 2.44. The van der Waals surface area contributed by atoms with E-state index in [1.165, 1.54) is 25.4 Å². The average Bonchev–Trinajstić information content (AvgIpc) is 2.97. The van der Waals surface area contributed by atoms with Gasteiger partial charge in [-0.15, -0.1) is 5.10 Å². The lowest BCUT2D eigenvalue weighted by Gasteiger charge is -2.10. The largest absolute Gasteiger partial charge is 0.495 e. The first kappa shape index (κ1) is 15.2. The summed E-state index contributed by atoms with van der Waals surface area (Å²) in [5.41, 5.74) is 0.452. The summed E-state index contributed by atoms with van der Waals surface area (Å²) in [5, 5.41) is 12.5. The molecule has 1 heterocycles. The lowest BCUT2D eigenvalue weighted by molar-refractivity contribution is 0.350. The Kier molecular flexibility index (Phi) is 4.74. The fraction of sp³-hybridized carbons (Fsp3) is 0.167. The molecule has 0 aliphatic carbocycles. The van der Waals surface area contributed by atoms with Gasteiger partial charge in [0.05, 0.1) is 13.3 Å². The molecule has 2 N–H and O–H groups in total. The molecule has 0 aliphatic rings. The monoisotopic (exact) mass is 325 g/mol. The van der Waals surface area contributed by atoms with Crippen LogP contribution in [0.2, 0.25) is 0 Å². The number of benzene rings is 1. The van der Waals surface area contributed by atoms with E-state index in [1.54, 1.807) is 6.07 Å². The SMILES string of the molecule is COc1ccc(C#CCO)cc1S(=O)(=O)Nc1cnns1. The van der Waals surface area contributed by atoms with Crippen molar-refractivity contribution in [2.45, 2.75) is 4.90 Å². The van der Waals surface area contributed by atoms with Crippen molar-refractivity contribution in [3.63, 3.8) is 0 Å². The molecule has 0 bridgehead atoms. The maximum atomic E-state index is 12.4. The summed E-state index contributed by atoms with van der Waals surface area (Å²) in [6.07, 6.45) is 1.31. The molecule has 0 fully saturated rings. The van der Waals surface area contributed by atoms with Crippen LogP contribution in [-0.4, -0.2) is 36.8 Å². The van der Waals surface area contributed by atoms with Crippen LogP contribution in [0.1, 0.15) is 5.56 Å². The predicted octanol–water partition coefficient (Wildman–Crippen LogP) is 0.691. The van der Waals surface area contributed by atoms with Gasteiger partial charge in [0.15, 0.2) is 0 Å². The van der Waals surface area contributed by atoms with E-state index >= 15 is 0 Å². The smallest absolute Gasteiger partial charge is 0.266 e. The van der Waals surface area contributed by atoms with Gasteiger partial charge < -0.3 is 9.84 Å². The molecule has 1 aromatic heterocycles. The number of hydrogen-bond acceptors (Lipinski definition) is 7. The average molecular weight is 325 g/mol. The van der Waals surface area contributed by atoms with Crippen LogP contribution in [0.5, 0.6) is 5.75 Å². The highest BCUT2D eigenvalue weighted by atomic mass is 32.2. The zero-order valence-corrected chi connectivity index (χ0v) is 12.5.